The minimum Gasteiger partial charge on any atom is -0.383 e. The molecule has 6 N–H and O–H groups in total. The van der Waals surface area contributed by atoms with Crippen molar-refractivity contribution in [2.24, 2.45) is 0 Å². The van der Waals surface area contributed by atoms with E-state index >= 15 is 0 Å². The van der Waals surface area contributed by atoms with E-state index in [0.717, 1.165) is 16.5 Å². The van der Waals surface area contributed by atoms with Crippen molar-refractivity contribution < 1.29 is 4.79 Å². The van der Waals surface area contributed by atoms with Gasteiger partial charge >= 0.3 is 0 Å². The lowest BCUT2D eigenvalue weighted by Crippen LogP contribution is -2.28. The number of aryl methyl sites for hydroxylation is 1. The molecule has 2 heterocycles. The van der Waals surface area contributed by atoms with Gasteiger partial charge in [-0.25, -0.2) is 9.97 Å². The van der Waals surface area contributed by atoms with E-state index in [1.54, 1.807) is 19.2 Å². The number of H-pyrrole nitrogens is 1. The monoisotopic (exact) mass is 379 g/mol. The van der Waals surface area contributed by atoms with E-state index in [4.69, 9.17) is 11.1 Å². The number of nitrogens with zero attached hydrogens (tertiary/aromatic N) is 2. The first kappa shape index (κ1) is 19.3. The molecule has 8 nitrogen and oxygen atoms in total. The van der Waals surface area contributed by atoms with Crippen LogP contribution in [0.5, 0.6) is 0 Å². The van der Waals surface area contributed by atoms with Crippen molar-refractivity contribution in [1.29, 1.82) is 5.41 Å². The maximum atomic E-state index is 11.9. The zero-order valence-corrected chi connectivity index (χ0v) is 16.7. The molecule has 1 aromatic carbocycles. The van der Waals surface area contributed by atoms with E-state index in [-0.39, 0.29) is 23.0 Å². The number of anilines is 2. The van der Waals surface area contributed by atoms with E-state index in [9.17, 15) is 4.79 Å². The fraction of sp³-hybridized carbons (Fsp3) is 0.300. The molecule has 146 valence electrons. The first-order valence-corrected chi connectivity index (χ1v) is 8.94. The van der Waals surface area contributed by atoms with Crippen molar-refractivity contribution in [3.05, 3.63) is 46.9 Å². The average molecular weight is 379 g/mol. The molecular formula is C20H25N7O. The van der Waals surface area contributed by atoms with Crippen LogP contribution in [0.25, 0.3) is 10.9 Å². The first-order chi connectivity index (χ1) is 13.1. The fourth-order valence-corrected chi connectivity index (χ4v) is 3.09. The van der Waals surface area contributed by atoms with E-state index in [2.05, 4.69) is 25.6 Å². The highest BCUT2D eigenvalue weighted by Gasteiger charge is 2.23. The number of hydrogen-bond acceptors (Lipinski definition) is 6. The lowest BCUT2D eigenvalue weighted by molar-refractivity contribution is 0.0963. The molecule has 0 aliphatic heterocycles. The van der Waals surface area contributed by atoms with Crippen LogP contribution in [0.15, 0.2) is 24.5 Å². The summed E-state index contributed by atoms with van der Waals surface area (Å²) < 4.78 is 0. The number of hydrogen-bond donors (Lipinski definition) is 5. The summed E-state index contributed by atoms with van der Waals surface area (Å²) in [4.78, 5) is 23.5. The lowest BCUT2D eigenvalue weighted by atomic mass is 10.0. The number of carbonyl (C=O) groups is 1. The van der Waals surface area contributed by atoms with Crippen LogP contribution in [0.4, 0.5) is 11.6 Å². The minimum absolute atomic E-state index is 0.164. The molecule has 0 saturated heterocycles. The van der Waals surface area contributed by atoms with Gasteiger partial charge in [-0.3, -0.25) is 10.2 Å². The van der Waals surface area contributed by atoms with Crippen molar-refractivity contribution in [2.45, 2.75) is 33.2 Å². The molecule has 0 unspecified atom stereocenters. The quantitative estimate of drug-likeness (QED) is 0.445. The van der Waals surface area contributed by atoms with Crippen LogP contribution >= 0.6 is 0 Å². The van der Waals surface area contributed by atoms with Crippen molar-refractivity contribution in [3.63, 3.8) is 0 Å². The smallest absolute Gasteiger partial charge is 0.251 e. The summed E-state index contributed by atoms with van der Waals surface area (Å²) in [7, 11) is 1.59. The maximum Gasteiger partial charge on any atom is 0.251 e. The van der Waals surface area contributed by atoms with E-state index in [1.165, 1.54) is 6.33 Å². The predicted octanol–water partition coefficient (Wildman–Crippen LogP) is 2.83. The number of benzene rings is 1. The fourth-order valence-electron chi connectivity index (χ4n) is 3.09. The molecule has 0 spiro atoms. The van der Waals surface area contributed by atoms with Crippen LogP contribution in [-0.4, -0.2) is 39.2 Å². The number of fused-ring (bicyclic) bond motifs is 1. The highest BCUT2D eigenvalue weighted by atomic mass is 16.1. The largest absolute Gasteiger partial charge is 0.383 e. The molecule has 0 aliphatic carbocycles. The number of nitrogen functional groups attached to an aromatic ring is 1. The Balaban J connectivity index is 2.12. The Morgan fingerprint density at radius 2 is 1.96 bits per heavy atom. The van der Waals surface area contributed by atoms with Gasteiger partial charge < -0.3 is 21.4 Å². The maximum absolute atomic E-state index is 11.9. The summed E-state index contributed by atoms with van der Waals surface area (Å²) in [5.74, 6) is 0.577. The second kappa shape index (κ2) is 6.95. The summed E-state index contributed by atoms with van der Waals surface area (Å²) in [6.07, 6.45) is 1.38. The van der Waals surface area contributed by atoms with Crippen molar-refractivity contribution in [2.75, 3.05) is 18.1 Å². The van der Waals surface area contributed by atoms with Gasteiger partial charge in [0.15, 0.2) is 0 Å². The summed E-state index contributed by atoms with van der Waals surface area (Å²) >= 11 is 0. The Morgan fingerprint density at radius 3 is 2.61 bits per heavy atom. The van der Waals surface area contributed by atoms with Gasteiger partial charge in [-0.2, -0.15) is 0 Å². The first-order valence-electron chi connectivity index (χ1n) is 8.94. The number of rotatable bonds is 4. The van der Waals surface area contributed by atoms with Crippen LogP contribution in [0.3, 0.4) is 0 Å². The molecule has 28 heavy (non-hydrogen) atoms. The number of amides is 1. The topological polar surface area (TPSA) is 133 Å². The molecular weight excluding hydrogens is 354 g/mol. The molecule has 0 fully saturated rings. The number of aromatic nitrogens is 3. The van der Waals surface area contributed by atoms with Crippen molar-refractivity contribution in [1.82, 2.24) is 20.3 Å². The van der Waals surface area contributed by atoms with Crippen LogP contribution < -0.4 is 16.4 Å². The second-order valence-corrected chi connectivity index (χ2v) is 7.70. The van der Waals surface area contributed by atoms with E-state index < -0.39 is 0 Å². The molecule has 0 radical (unpaired) electrons. The Hall–Kier alpha value is -3.42. The summed E-state index contributed by atoms with van der Waals surface area (Å²) in [6.45, 7) is 7.95. The molecule has 2 aromatic heterocycles. The summed E-state index contributed by atoms with van der Waals surface area (Å²) in [5.41, 5.74) is 9.32. The third-order valence-electron chi connectivity index (χ3n) is 4.42. The molecule has 3 aromatic rings. The molecule has 0 bridgehead atoms. The standard InChI is InChI=1S/C20H25N7O/c1-10-12-7-6-11(19(28)23-5)8-13(12)26-16(10)15(21)14-17(22)24-9-25-18(14)27-20(2,3)4/h6-9,21,26H,1-5H3,(H,23,28)(H3,22,24,25,27). The lowest BCUT2D eigenvalue weighted by Gasteiger charge is -2.23. The molecule has 0 aliphatic rings. The van der Waals surface area contributed by atoms with Crippen molar-refractivity contribution >= 4 is 34.2 Å². The number of aromatic amines is 1. The van der Waals surface area contributed by atoms with Gasteiger partial charge in [0.05, 0.1) is 17.0 Å². The average Bonchev–Trinajstić information content (AvgIpc) is 2.95. The second-order valence-electron chi connectivity index (χ2n) is 7.70. The van der Waals surface area contributed by atoms with Crippen LogP contribution in [0.2, 0.25) is 0 Å². The minimum atomic E-state index is -0.256. The summed E-state index contributed by atoms with van der Waals surface area (Å²) in [5, 5.41) is 15.6. The Labute approximate surface area is 163 Å². The van der Waals surface area contributed by atoms with Crippen molar-refractivity contribution in [3.8, 4) is 0 Å². The van der Waals surface area contributed by atoms with Gasteiger partial charge in [0.1, 0.15) is 18.0 Å². The number of nitrogens with one attached hydrogen (secondary N) is 4. The van der Waals surface area contributed by atoms with Gasteiger partial charge in [0.25, 0.3) is 5.91 Å². The van der Waals surface area contributed by atoms with Gasteiger partial charge in [-0.05, 0) is 45.4 Å². The van der Waals surface area contributed by atoms with Gasteiger partial charge in [0, 0.05) is 29.1 Å². The third-order valence-corrected chi connectivity index (χ3v) is 4.42. The highest BCUT2D eigenvalue weighted by molar-refractivity contribution is 6.18. The van der Waals surface area contributed by atoms with Crippen LogP contribution in [-0.2, 0) is 0 Å². The SMILES string of the molecule is CNC(=O)c1ccc2c(C)c(C(=N)c3c(N)ncnc3NC(C)(C)C)[nH]c2c1. The third kappa shape index (κ3) is 3.53. The van der Waals surface area contributed by atoms with Crippen LogP contribution in [0, 0.1) is 12.3 Å². The van der Waals surface area contributed by atoms with Gasteiger partial charge in [0.2, 0.25) is 0 Å². The predicted molar refractivity (Wildman–Crippen MR) is 112 cm³/mol. The van der Waals surface area contributed by atoms with E-state index in [1.807, 2.05) is 33.8 Å². The summed E-state index contributed by atoms with van der Waals surface area (Å²) in [6, 6.07) is 5.42. The van der Waals surface area contributed by atoms with E-state index in [0.29, 0.717) is 22.6 Å². The Kier molecular flexibility index (Phi) is 4.80. The number of carbonyl (C=O) groups excluding carboxylic acids is 1. The Bertz CT molecular complexity index is 1080. The highest BCUT2D eigenvalue weighted by Crippen LogP contribution is 2.29. The molecule has 0 atom stereocenters. The molecule has 1 amide bonds. The Morgan fingerprint density at radius 1 is 1.25 bits per heavy atom. The zero-order chi connectivity index (χ0) is 20.6. The molecule has 0 saturated carbocycles. The molecule has 3 rings (SSSR count). The van der Waals surface area contributed by atoms with Gasteiger partial charge in [-0.1, -0.05) is 6.07 Å². The molecule has 8 heteroatoms. The van der Waals surface area contributed by atoms with Crippen LogP contribution in [0.1, 0.15) is 48.0 Å². The zero-order valence-electron chi connectivity index (χ0n) is 16.7. The number of nitrogens with two attached hydrogens (primary N) is 1. The van der Waals surface area contributed by atoms with Gasteiger partial charge in [-0.15, -0.1) is 0 Å². The normalized spacial score (nSPS) is 11.5.